The van der Waals surface area contributed by atoms with Gasteiger partial charge in [-0.2, -0.15) is 0 Å². The van der Waals surface area contributed by atoms with E-state index in [1.165, 1.54) is 11.4 Å². The highest BCUT2D eigenvalue weighted by atomic mass is 15.2. The molecule has 0 spiro atoms. The predicted octanol–water partition coefficient (Wildman–Crippen LogP) is 5.37. The van der Waals surface area contributed by atoms with Gasteiger partial charge in [0.15, 0.2) is 0 Å². The minimum atomic E-state index is 1.05. The first kappa shape index (κ1) is 14.1. The van der Waals surface area contributed by atoms with E-state index in [2.05, 4.69) is 60.0 Å². The molecule has 1 aliphatic rings. The van der Waals surface area contributed by atoms with Crippen molar-refractivity contribution in [1.29, 1.82) is 0 Å². The van der Waals surface area contributed by atoms with Crippen molar-refractivity contribution >= 4 is 5.69 Å². The summed E-state index contributed by atoms with van der Waals surface area (Å²) in [5, 5.41) is 0. The minimum Gasteiger partial charge on any atom is -0.314 e. The maximum absolute atomic E-state index is 3.97. The van der Waals surface area contributed by atoms with Gasteiger partial charge in [-0.15, -0.1) is 0 Å². The zero-order valence-electron chi connectivity index (χ0n) is 12.0. The molecule has 0 fully saturated rings. The van der Waals surface area contributed by atoms with Crippen molar-refractivity contribution < 1.29 is 0 Å². The van der Waals surface area contributed by atoms with Crippen LogP contribution >= 0.6 is 0 Å². The lowest BCUT2D eigenvalue weighted by Gasteiger charge is -2.29. The Labute approximate surface area is 121 Å². The Morgan fingerprint density at radius 2 is 2.05 bits per heavy atom. The average molecular weight is 263 g/mol. The molecule has 0 bridgehead atoms. The van der Waals surface area contributed by atoms with E-state index in [0.717, 1.165) is 18.5 Å². The molecule has 1 aromatic carbocycles. The van der Waals surface area contributed by atoms with Crippen LogP contribution in [0.15, 0.2) is 90.8 Å². The summed E-state index contributed by atoms with van der Waals surface area (Å²) in [5.41, 5.74) is 3.56. The van der Waals surface area contributed by atoms with E-state index >= 15 is 0 Å². The van der Waals surface area contributed by atoms with Gasteiger partial charge in [0.1, 0.15) is 0 Å². The molecular formula is C19H21N. The van der Waals surface area contributed by atoms with E-state index < -0.39 is 0 Å². The Kier molecular flexibility index (Phi) is 5.19. The molecule has 0 atom stereocenters. The van der Waals surface area contributed by atoms with Gasteiger partial charge in [-0.25, -0.2) is 0 Å². The number of hydrogen-bond donors (Lipinski definition) is 0. The summed E-state index contributed by atoms with van der Waals surface area (Å²) in [6.07, 6.45) is 16.7. The monoisotopic (exact) mass is 263 g/mol. The molecule has 1 aromatic rings. The van der Waals surface area contributed by atoms with Gasteiger partial charge >= 0.3 is 0 Å². The number of anilines is 1. The Morgan fingerprint density at radius 3 is 2.65 bits per heavy atom. The van der Waals surface area contributed by atoms with Gasteiger partial charge in [0.2, 0.25) is 0 Å². The Morgan fingerprint density at radius 1 is 1.25 bits per heavy atom. The van der Waals surface area contributed by atoms with Crippen molar-refractivity contribution in [2.24, 2.45) is 0 Å². The highest BCUT2D eigenvalue weighted by Gasteiger charge is 2.14. The molecule has 1 nitrogen and oxygen atoms in total. The molecular weight excluding hydrogens is 242 g/mol. The number of para-hydroxylation sites is 1. The summed E-state index contributed by atoms with van der Waals surface area (Å²) in [6, 6.07) is 10.4. The van der Waals surface area contributed by atoms with Gasteiger partial charge in [0, 0.05) is 17.1 Å². The molecule has 0 saturated heterocycles. The lowest BCUT2D eigenvalue weighted by molar-refractivity contribution is 0.901. The van der Waals surface area contributed by atoms with Crippen molar-refractivity contribution in [3.63, 3.8) is 0 Å². The Balaban J connectivity index is 2.46. The minimum absolute atomic E-state index is 1.05. The lowest BCUT2D eigenvalue weighted by Crippen LogP contribution is -2.21. The first-order chi connectivity index (χ1) is 9.86. The molecule has 0 aromatic heterocycles. The normalized spacial score (nSPS) is 15.2. The highest BCUT2D eigenvalue weighted by molar-refractivity contribution is 5.61. The molecule has 0 heterocycles. The fourth-order valence-corrected chi connectivity index (χ4v) is 2.26. The molecule has 0 radical (unpaired) electrons. The summed E-state index contributed by atoms with van der Waals surface area (Å²) < 4.78 is 0. The summed E-state index contributed by atoms with van der Waals surface area (Å²) in [6.45, 7) is 5.99. The topological polar surface area (TPSA) is 3.24 Å². The molecule has 2 rings (SSSR count). The third kappa shape index (κ3) is 3.39. The first-order valence-electron chi connectivity index (χ1n) is 7.03. The van der Waals surface area contributed by atoms with Gasteiger partial charge in [0.05, 0.1) is 0 Å². The van der Waals surface area contributed by atoms with Crippen molar-refractivity contribution in [1.82, 2.24) is 0 Å². The quantitative estimate of drug-likeness (QED) is 0.645. The Bertz CT molecular complexity index is 559. The van der Waals surface area contributed by atoms with Crippen LogP contribution in [0.3, 0.4) is 0 Å². The summed E-state index contributed by atoms with van der Waals surface area (Å²) in [7, 11) is 0. The van der Waals surface area contributed by atoms with Crippen molar-refractivity contribution in [3.05, 3.63) is 90.8 Å². The fraction of sp³-hybridized carbons (Fsp3) is 0.158. The molecule has 102 valence electrons. The van der Waals surface area contributed by atoms with Gasteiger partial charge < -0.3 is 4.90 Å². The van der Waals surface area contributed by atoms with Crippen molar-refractivity contribution in [3.8, 4) is 0 Å². The number of nitrogens with zero attached hydrogens (tertiary/aromatic N) is 1. The summed E-state index contributed by atoms with van der Waals surface area (Å²) in [4.78, 5) is 2.27. The number of rotatable bonds is 5. The molecule has 0 amide bonds. The van der Waals surface area contributed by atoms with Crippen molar-refractivity contribution in [2.45, 2.75) is 19.8 Å². The number of benzene rings is 1. The fourth-order valence-electron chi connectivity index (χ4n) is 2.26. The van der Waals surface area contributed by atoms with Crippen LogP contribution in [0, 0.1) is 0 Å². The van der Waals surface area contributed by atoms with Crippen LogP contribution in [0.1, 0.15) is 19.8 Å². The summed E-state index contributed by atoms with van der Waals surface area (Å²) >= 11 is 0. The summed E-state index contributed by atoms with van der Waals surface area (Å²) in [5.74, 6) is 0. The van der Waals surface area contributed by atoms with Crippen LogP contribution in [0.2, 0.25) is 0 Å². The lowest BCUT2D eigenvalue weighted by atomic mass is 10.1. The van der Waals surface area contributed by atoms with Gasteiger partial charge in [-0.1, -0.05) is 49.1 Å². The van der Waals surface area contributed by atoms with Crippen LogP contribution < -0.4 is 4.90 Å². The molecule has 1 aliphatic carbocycles. The maximum atomic E-state index is 3.97. The largest absolute Gasteiger partial charge is 0.314 e. The first-order valence-corrected chi connectivity index (χ1v) is 7.03. The molecule has 0 saturated carbocycles. The average Bonchev–Trinajstić information content (AvgIpc) is 2.53. The number of hydrogen-bond acceptors (Lipinski definition) is 1. The van der Waals surface area contributed by atoms with Crippen LogP contribution in [0.4, 0.5) is 5.69 Å². The standard InChI is InChI=1S/C19H21N/c1-3-5-12-17(4-2)20(18-13-8-6-9-14-18)19-15-10-7-11-16-19/h3-10,12-15H,2,11,16H2,1H3. The Hall–Kier alpha value is -2.28. The highest BCUT2D eigenvalue weighted by Crippen LogP contribution is 2.28. The van der Waals surface area contributed by atoms with E-state index in [4.69, 9.17) is 0 Å². The third-order valence-corrected chi connectivity index (χ3v) is 3.22. The van der Waals surface area contributed by atoms with Crippen LogP contribution in [0.5, 0.6) is 0 Å². The van der Waals surface area contributed by atoms with E-state index in [1.54, 1.807) is 0 Å². The second-order valence-electron chi connectivity index (χ2n) is 4.62. The van der Waals surface area contributed by atoms with Gasteiger partial charge in [-0.3, -0.25) is 0 Å². The van der Waals surface area contributed by atoms with Crippen LogP contribution in [-0.2, 0) is 0 Å². The molecule has 0 unspecified atom stereocenters. The number of allylic oxidation sites excluding steroid dienone is 8. The maximum Gasteiger partial charge on any atom is 0.0458 e. The zero-order valence-corrected chi connectivity index (χ0v) is 12.0. The van der Waals surface area contributed by atoms with Crippen molar-refractivity contribution in [2.75, 3.05) is 4.90 Å². The molecule has 0 aliphatic heterocycles. The molecule has 0 N–H and O–H groups in total. The van der Waals surface area contributed by atoms with E-state index in [-0.39, 0.29) is 0 Å². The van der Waals surface area contributed by atoms with Crippen LogP contribution in [0.25, 0.3) is 0 Å². The van der Waals surface area contributed by atoms with Gasteiger partial charge in [-0.05, 0) is 50.1 Å². The second-order valence-corrected chi connectivity index (χ2v) is 4.62. The third-order valence-electron chi connectivity index (χ3n) is 3.22. The smallest absolute Gasteiger partial charge is 0.0458 e. The van der Waals surface area contributed by atoms with Gasteiger partial charge in [0.25, 0.3) is 0 Å². The second kappa shape index (κ2) is 7.34. The molecule has 20 heavy (non-hydrogen) atoms. The SMILES string of the molecule is C=CC(=CC=CC)N(C1=CC=CCC1)c1ccccc1. The van der Waals surface area contributed by atoms with Crippen LogP contribution in [-0.4, -0.2) is 0 Å². The van der Waals surface area contributed by atoms with E-state index in [9.17, 15) is 0 Å². The van der Waals surface area contributed by atoms with E-state index in [0.29, 0.717) is 0 Å². The zero-order chi connectivity index (χ0) is 14.2. The predicted molar refractivity (Wildman–Crippen MR) is 88.5 cm³/mol. The van der Waals surface area contributed by atoms with E-state index in [1.807, 2.05) is 31.2 Å². The molecule has 1 heteroatoms.